The van der Waals surface area contributed by atoms with Gasteiger partial charge in [-0.3, -0.25) is 9.36 Å². The van der Waals surface area contributed by atoms with Gasteiger partial charge < -0.3 is 4.74 Å². The Labute approximate surface area is 128 Å². The molecular weight excluding hydrogens is 284 g/mol. The molecule has 0 aliphatic carbocycles. The van der Waals surface area contributed by atoms with Crippen LogP contribution in [0.5, 0.6) is 5.75 Å². The lowest BCUT2D eigenvalue weighted by Crippen LogP contribution is -2.22. The van der Waals surface area contributed by atoms with Crippen molar-refractivity contribution in [3.63, 3.8) is 0 Å². The molecule has 0 saturated carbocycles. The smallest absolute Gasteiger partial charge is 0.253 e. The van der Waals surface area contributed by atoms with Crippen molar-refractivity contribution in [2.45, 2.75) is 27.7 Å². The van der Waals surface area contributed by atoms with Gasteiger partial charge in [-0.15, -0.1) is 11.3 Å². The van der Waals surface area contributed by atoms with Gasteiger partial charge in [0.25, 0.3) is 5.91 Å². The number of rotatable bonds is 2. The fourth-order valence-corrected chi connectivity index (χ4v) is 2.55. The van der Waals surface area contributed by atoms with Crippen LogP contribution in [0.4, 0.5) is 0 Å². The first kappa shape index (κ1) is 15.5. The number of ether oxygens (including phenoxy) is 1. The van der Waals surface area contributed by atoms with Crippen LogP contribution < -0.4 is 9.54 Å². The molecule has 112 valence electrons. The Balaban J connectivity index is 2.50. The molecule has 0 bridgehead atoms. The van der Waals surface area contributed by atoms with Gasteiger partial charge in [-0.2, -0.15) is 4.99 Å². The number of methoxy groups -OCH3 is 1. The van der Waals surface area contributed by atoms with Gasteiger partial charge in [0.15, 0.2) is 4.80 Å². The highest BCUT2D eigenvalue weighted by Gasteiger charge is 2.20. The molecule has 1 aromatic heterocycles. The summed E-state index contributed by atoms with van der Waals surface area (Å²) in [6, 6.07) is 7.69. The van der Waals surface area contributed by atoms with Crippen LogP contribution in [-0.4, -0.2) is 17.6 Å². The van der Waals surface area contributed by atoms with Crippen molar-refractivity contribution in [1.29, 1.82) is 0 Å². The summed E-state index contributed by atoms with van der Waals surface area (Å²) < 4.78 is 7.10. The quantitative estimate of drug-likeness (QED) is 0.854. The van der Waals surface area contributed by atoms with Gasteiger partial charge in [0.1, 0.15) is 5.75 Å². The van der Waals surface area contributed by atoms with E-state index in [0.717, 1.165) is 16.3 Å². The van der Waals surface area contributed by atoms with Gasteiger partial charge in [0.2, 0.25) is 0 Å². The Morgan fingerprint density at radius 2 is 1.86 bits per heavy atom. The second-order valence-electron chi connectivity index (χ2n) is 5.86. The Bertz CT molecular complexity index is 703. The number of benzene rings is 1. The minimum absolute atomic E-state index is 0.119. The number of hydrogen-bond donors (Lipinski definition) is 0. The molecule has 0 N–H and O–H groups in total. The van der Waals surface area contributed by atoms with Crippen LogP contribution in [0.3, 0.4) is 0 Å². The van der Waals surface area contributed by atoms with E-state index in [-0.39, 0.29) is 5.91 Å². The first-order chi connectivity index (χ1) is 9.81. The Hall–Kier alpha value is -1.88. The highest BCUT2D eigenvalue weighted by Crippen LogP contribution is 2.17. The summed E-state index contributed by atoms with van der Waals surface area (Å²) in [4.78, 5) is 18.2. The number of thiazole rings is 1. The Kier molecular flexibility index (Phi) is 4.32. The van der Waals surface area contributed by atoms with E-state index in [1.807, 2.05) is 62.7 Å². The lowest BCUT2D eigenvalue weighted by molar-refractivity contribution is -0.125. The van der Waals surface area contributed by atoms with Crippen LogP contribution in [0.25, 0.3) is 5.69 Å². The zero-order valence-corrected chi connectivity index (χ0v) is 13.8. The number of carbonyl (C=O) groups is 1. The van der Waals surface area contributed by atoms with Crippen molar-refractivity contribution in [2.75, 3.05) is 7.11 Å². The summed E-state index contributed by atoms with van der Waals surface area (Å²) in [5.74, 6) is 0.683. The summed E-state index contributed by atoms with van der Waals surface area (Å²) in [5.41, 5.74) is 0.482. The van der Waals surface area contributed by atoms with Gasteiger partial charge in [-0.25, -0.2) is 0 Å². The van der Waals surface area contributed by atoms with Crippen molar-refractivity contribution in [1.82, 2.24) is 4.57 Å². The third kappa shape index (κ3) is 3.61. The van der Waals surface area contributed by atoms with E-state index in [1.54, 1.807) is 7.11 Å². The molecule has 5 heteroatoms. The molecule has 0 spiro atoms. The molecule has 21 heavy (non-hydrogen) atoms. The van der Waals surface area contributed by atoms with Crippen LogP contribution in [0, 0.1) is 12.3 Å². The van der Waals surface area contributed by atoms with Crippen LogP contribution in [0.1, 0.15) is 25.6 Å². The van der Waals surface area contributed by atoms with Crippen LogP contribution >= 0.6 is 11.3 Å². The lowest BCUT2D eigenvalue weighted by Gasteiger charge is -2.12. The topological polar surface area (TPSA) is 43.6 Å². The molecule has 1 heterocycles. The predicted molar refractivity (Wildman–Crippen MR) is 85.0 cm³/mol. The average molecular weight is 304 g/mol. The monoisotopic (exact) mass is 304 g/mol. The van der Waals surface area contributed by atoms with E-state index in [9.17, 15) is 4.79 Å². The maximum Gasteiger partial charge on any atom is 0.253 e. The summed E-state index contributed by atoms with van der Waals surface area (Å²) in [5, 5.41) is 0. The normalized spacial score (nSPS) is 12.5. The van der Waals surface area contributed by atoms with Crippen molar-refractivity contribution >= 4 is 17.2 Å². The van der Waals surface area contributed by atoms with Gasteiger partial charge in [0.05, 0.1) is 7.11 Å². The van der Waals surface area contributed by atoms with Gasteiger partial charge >= 0.3 is 0 Å². The molecule has 0 saturated heterocycles. The van der Waals surface area contributed by atoms with E-state index >= 15 is 0 Å². The number of hydrogen-bond acceptors (Lipinski definition) is 3. The SMILES string of the molecule is COc1ccc(-n2cc(C)sc2=NC(=O)C(C)(C)C)cc1. The molecule has 4 nitrogen and oxygen atoms in total. The van der Waals surface area contributed by atoms with Crippen molar-refractivity contribution in [3.8, 4) is 11.4 Å². The van der Waals surface area contributed by atoms with Crippen molar-refractivity contribution in [2.24, 2.45) is 10.4 Å². The van der Waals surface area contributed by atoms with E-state index in [4.69, 9.17) is 4.74 Å². The predicted octanol–water partition coefficient (Wildman–Crippen LogP) is 3.33. The molecular formula is C16H20N2O2S. The number of nitrogens with zero attached hydrogens (tertiary/aromatic N) is 2. The van der Waals surface area contributed by atoms with Crippen molar-refractivity contribution < 1.29 is 9.53 Å². The number of amides is 1. The maximum atomic E-state index is 12.1. The van der Waals surface area contributed by atoms with Crippen LogP contribution in [0.2, 0.25) is 0 Å². The van der Waals surface area contributed by atoms with E-state index in [2.05, 4.69) is 4.99 Å². The average Bonchev–Trinajstić information content (AvgIpc) is 2.78. The van der Waals surface area contributed by atoms with Crippen LogP contribution in [0.15, 0.2) is 35.5 Å². The molecule has 2 aromatic rings. The third-order valence-electron chi connectivity index (χ3n) is 2.96. The van der Waals surface area contributed by atoms with E-state index in [1.165, 1.54) is 11.3 Å². The van der Waals surface area contributed by atoms with Crippen LogP contribution in [-0.2, 0) is 4.79 Å². The highest BCUT2D eigenvalue weighted by molar-refractivity contribution is 7.09. The maximum absolute atomic E-state index is 12.1. The van der Waals surface area contributed by atoms with Crippen molar-refractivity contribution in [3.05, 3.63) is 40.1 Å². The molecule has 0 radical (unpaired) electrons. The van der Waals surface area contributed by atoms with Gasteiger partial charge in [-0.05, 0) is 31.2 Å². The van der Waals surface area contributed by atoms with E-state index < -0.39 is 5.41 Å². The first-order valence-electron chi connectivity index (χ1n) is 6.74. The first-order valence-corrected chi connectivity index (χ1v) is 7.55. The highest BCUT2D eigenvalue weighted by atomic mass is 32.1. The second-order valence-corrected chi connectivity index (χ2v) is 7.07. The molecule has 1 amide bonds. The zero-order chi connectivity index (χ0) is 15.6. The Morgan fingerprint density at radius 3 is 2.38 bits per heavy atom. The van der Waals surface area contributed by atoms with Gasteiger partial charge in [0, 0.05) is 22.2 Å². The standard InChI is InChI=1S/C16H20N2O2S/c1-11-10-18(12-6-8-13(20-5)9-7-12)15(21-11)17-14(19)16(2,3)4/h6-10H,1-5H3. The summed E-state index contributed by atoms with van der Waals surface area (Å²) in [6.07, 6.45) is 1.99. The molecule has 0 unspecified atom stereocenters. The number of carbonyl (C=O) groups excluding carboxylic acids is 1. The molecule has 2 rings (SSSR count). The molecule has 0 aliphatic heterocycles. The molecule has 1 aromatic carbocycles. The zero-order valence-electron chi connectivity index (χ0n) is 13.0. The minimum Gasteiger partial charge on any atom is -0.497 e. The molecule has 0 atom stereocenters. The summed E-state index contributed by atoms with van der Waals surface area (Å²) >= 11 is 1.51. The largest absolute Gasteiger partial charge is 0.497 e. The van der Waals surface area contributed by atoms with Gasteiger partial charge in [-0.1, -0.05) is 20.8 Å². The molecule has 0 fully saturated rings. The Morgan fingerprint density at radius 1 is 1.24 bits per heavy atom. The fourth-order valence-electron chi connectivity index (χ4n) is 1.72. The fraction of sp³-hybridized carbons (Fsp3) is 0.375. The summed E-state index contributed by atoms with van der Waals surface area (Å²) in [7, 11) is 1.64. The minimum atomic E-state index is -0.477. The molecule has 0 aliphatic rings. The second kappa shape index (κ2) is 5.85. The third-order valence-corrected chi connectivity index (χ3v) is 3.86. The number of aryl methyl sites for hydroxylation is 1. The number of aromatic nitrogens is 1. The summed E-state index contributed by atoms with van der Waals surface area (Å²) in [6.45, 7) is 7.62. The van der Waals surface area contributed by atoms with E-state index in [0.29, 0.717) is 4.80 Å². The lowest BCUT2D eigenvalue weighted by atomic mass is 9.96.